The highest BCUT2D eigenvalue weighted by atomic mass is 16.5. The number of nitriles is 1. The quantitative estimate of drug-likeness (QED) is 0.793. The number of hydrogen-bond acceptors (Lipinski definition) is 4. The Morgan fingerprint density at radius 2 is 2.15 bits per heavy atom. The van der Waals surface area contributed by atoms with E-state index >= 15 is 0 Å². The number of carbonyl (C=O) groups is 1. The van der Waals surface area contributed by atoms with Gasteiger partial charge in [-0.1, -0.05) is 29.8 Å². The van der Waals surface area contributed by atoms with Crippen LogP contribution >= 0.6 is 0 Å². The van der Waals surface area contributed by atoms with Crippen LogP contribution in [0.4, 0.5) is 0 Å². The molecule has 1 heterocycles. The van der Waals surface area contributed by atoms with Gasteiger partial charge in [-0.25, -0.2) is 0 Å². The Hall–Kier alpha value is -2.28. The molecule has 4 nitrogen and oxygen atoms in total. The van der Waals surface area contributed by atoms with Crippen LogP contribution in [0, 0.1) is 24.2 Å². The number of esters is 1. The van der Waals surface area contributed by atoms with Crippen molar-refractivity contribution in [2.45, 2.75) is 26.4 Å². The van der Waals surface area contributed by atoms with Gasteiger partial charge in [-0.3, -0.25) is 4.79 Å². The Labute approximate surface area is 118 Å². The lowest BCUT2D eigenvalue weighted by Gasteiger charge is -2.26. The fraction of sp³-hybridized carbons (Fsp3) is 0.375. The van der Waals surface area contributed by atoms with Crippen molar-refractivity contribution in [3.05, 3.63) is 47.2 Å². The average Bonchev–Trinajstić information content (AvgIpc) is 2.47. The summed E-state index contributed by atoms with van der Waals surface area (Å²) in [5.74, 6) is -0.551. The summed E-state index contributed by atoms with van der Waals surface area (Å²) >= 11 is 0. The monoisotopic (exact) mass is 271 g/mol. The lowest BCUT2D eigenvalue weighted by Crippen LogP contribution is -2.23. The van der Waals surface area contributed by atoms with Gasteiger partial charge in [0.15, 0.2) is 5.76 Å². The third-order valence-electron chi connectivity index (χ3n) is 3.24. The maximum atomic E-state index is 11.9. The van der Waals surface area contributed by atoms with Crippen molar-refractivity contribution in [3.63, 3.8) is 0 Å². The minimum Gasteiger partial charge on any atom is -0.476 e. The number of aryl methyl sites for hydroxylation is 1. The minimum absolute atomic E-state index is 0.180. The number of benzene rings is 1. The molecule has 1 aromatic carbocycles. The van der Waals surface area contributed by atoms with Crippen LogP contribution in [0.3, 0.4) is 0 Å². The summed E-state index contributed by atoms with van der Waals surface area (Å²) in [6, 6.07) is 9.87. The zero-order valence-corrected chi connectivity index (χ0v) is 11.6. The average molecular weight is 271 g/mol. The molecule has 0 saturated carbocycles. The Balaban J connectivity index is 2.21. The summed E-state index contributed by atoms with van der Waals surface area (Å²) in [6.07, 6.45) is 1.75. The smallest absolute Gasteiger partial charge is 0.313 e. The third-order valence-corrected chi connectivity index (χ3v) is 3.24. The summed E-state index contributed by atoms with van der Waals surface area (Å²) in [5.41, 5.74) is 2.12. The lowest BCUT2D eigenvalue weighted by atomic mass is 9.93. The second-order valence-electron chi connectivity index (χ2n) is 4.75. The summed E-state index contributed by atoms with van der Waals surface area (Å²) in [5, 5.41) is 9.03. The molecule has 2 atom stereocenters. The first kappa shape index (κ1) is 14.1. The van der Waals surface area contributed by atoms with Crippen LogP contribution in [0.25, 0.3) is 0 Å². The fourth-order valence-corrected chi connectivity index (χ4v) is 2.18. The standard InChI is InChI=1S/C16H17NO3/c1-3-19-16(18)13-8-14(10-17)20-15(9-13)12-6-4-11(2)5-7-12/h4-8,13,15H,3,9H2,1-2H3/t13-,15+/m1/s1. The SMILES string of the molecule is CCOC(=O)[C@@H]1C=C(C#N)O[C@H](c2ccc(C)cc2)C1. The predicted molar refractivity (Wildman–Crippen MR) is 73.4 cm³/mol. The van der Waals surface area contributed by atoms with E-state index in [0.717, 1.165) is 11.1 Å². The van der Waals surface area contributed by atoms with Crippen molar-refractivity contribution in [2.75, 3.05) is 6.61 Å². The highest BCUT2D eigenvalue weighted by molar-refractivity contribution is 5.75. The largest absolute Gasteiger partial charge is 0.476 e. The Kier molecular flexibility index (Phi) is 4.41. The van der Waals surface area contributed by atoms with Crippen LogP contribution in [0.1, 0.15) is 30.6 Å². The van der Waals surface area contributed by atoms with E-state index in [1.165, 1.54) is 0 Å². The number of carbonyl (C=O) groups excluding carboxylic acids is 1. The van der Waals surface area contributed by atoms with Crippen LogP contribution in [0.5, 0.6) is 0 Å². The summed E-state index contributed by atoms with van der Waals surface area (Å²) < 4.78 is 10.6. The van der Waals surface area contributed by atoms with Gasteiger partial charge in [-0.2, -0.15) is 5.26 Å². The molecule has 0 unspecified atom stereocenters. The number of allylic oxidation sites excluding steroid dienone is 1. The third kappa shape index (κ3) is 3.18. The van der Waals surface area contributed by atoms with Gasteiger partial charge in [-0.15, -0.1) is 0 Å². The normalized spacial score (nSPS) is 21.4. The van der Waals surface area contributed by atoms with Crippen molar-refractivity contribution in [1.82, 2.24) is 0 Å². The molecular weight excluding hydrogens is 254 g/mol. The second-order valence-corrected chi connectivity index (χ2v) is 4.75. The Morgan fingerprint density at radius 3 is 2.75 bits per heavy atom. The van der Waals surface area contributed by atoms with E-state index in [2.05, 4.69) is 0 Å². The van der Waals surface area contributed by atoms with Gasteiger partial charge in [0.2, 0.25) is 0 Å². The molecule has 0 fully saturated rings. The molecule has 0 bridgehead atoms. The van der Waals surface area contributed by atoms with Crippen molar-refractivity contribution in [1.29, 1.82) is 5.26 Å². The molecule has 0 saturated heterocycles. The van der Waals surface area contributed by atoms with E-state index in [1.54, 1.807) is 13.0 Å². The molecular formula is C16H17NO3. The maximum absolute atomic E-state index is 11.9. The van der Waals surface area contributed by atoms with Gasteiger partial charge in [0.25, 0.3) is 0 Å². The van der Waals surface area contributed by atoms with E-state index < -0.39 is 5.92 Å². The molecule has 0 aromatic heterocycles. The Morgan fingerprint density at radius 1 is 1.45 bits per heavy atom. The minimum atomic E-state index is -0.426. The molecule has 20 heavy (non-hydrogen) atoms. The van der Waals surface area contributed by atoms with Gasteiger partial charge in [0.1, 0.15) is 12.2 Å². The van der Waals surface area contributed by atoms with Crippen LogP contribution in [0.15, 0.2) is 36.1 Å². The number of hydrogen-bond donors (Lipinski definition) is 0. The van der Waals surface area contributed by atoms with Crippen LogP contribution in [-0.2, 0) is 14.3 Å². The highest BCUT2D eigenvalue weighted by Crippen LogP contribution is 2.33. The van der Waals surface area contributed by atoms with Crippen molar-refractivity contribution in [2.24, 2.45) is 5.92 Å². The molecule has 0 amide bonds. The van der Waals surface area contributed by atoms with Crippen molar-refractivity contribution in [3.8, 4) is 6.07 Å². The number of nitrogens with zero attached hydrogens (tertiary/aromatic N) is 1. The first-order valence-corrected chi connectivity index (χ1v) is 6.65. The van der Waals surface area contributed by atoms with Gasteiger partial charge >= 0.3 is 5.97 Å². The van der Waals surface area contributed by atoms with Crippen molar-refractivity contribution < 1.29 is 14.3 Å². The molecule has 1 aliphatic heterocycles. The van der Waals surface area contributed by atoms with E-state index in [-0.39, 0.29) is 17.8 Å². The van der Waals surface area contributed by atoms with Crippen LogP contribution in [0.2, 0.25) is 0 Å². The molecule has 1 aliphatic rings. The molecule has 2 rings (SSSR count). The summed E-state index contributed by atoms with van der Waals surface area (Å²) in [4.78, 5) is 11.9. The molecule has 104 valence electrons. The number of rotatable bonds is 3. The van der Waals surface area contributed by atoms with Gasteiger partial charge in [0.05, 0.1) is 12.5 Å². The van der Waals surface area contributed by atoms with Crippen LogP contribution < -0.4 is 0 Å². The van der Waals surface area contributed by atoms with E-state index in [1.807, 2.05) is 37.3 Å². The molecule has 1 aromatic rings. The topological polar surface area (TPSA) is 59.3 Å². The Bertz CT molecular complexity index is 554. The summed E-state index contributed by atoms with van der Waals surface area (Å²) in [7, 11) is 0. The zero-order chi connectivity index (χ0) is 14.5. The van der Waals surface area contributed by atoms with Gasteiger partial charge < -0.3 is 9.47 Å². The van der Waals surface area contributed by atoms with Gasteiger partial charge in [0, 0.05) is 6.42 Å². The summed E-state index contributed by atoms with van der Waals surface area (Å²) in [6.45, 7) is 4.11. The van der Waals surface area contributed by atoms with Crippen LogP contribution in [-0.4, -0.2) is 12.6 Å². The molecule has 0 spiro atoms. The second kappa shape index (κ2) is 6.25. The first-order valence-electron chi connectivity index (χ1n) is 6.65. The molecule has 0 aliphatic carbocycles. The number of ether oxygens (including phenoxy) is 2. The van der Waals surface area contributed by atoms with Gasteiger partial charge in [-0.05, 0) is 25.5 Å². The maximum Gasteiger partial charge on any atom is 0.313 e. The van der Waals surface area contributed by atoms with E-state index in [9.17, 15) is 4.79 Å². The molecule has 0 radical (unpaired) electrons. The first-order chi connectivity index (χ1) is 9.63. The molecule has 4 heteroatoms. The zero-order valence-electron chi connectivity index (χ0n) is 11.6. The van der Waals surface area contributed by atoms with E-state index in [0.29, 0.717) is 13.0 Å². The predicted octanol–water partition coefficient (Wildman–Crippen LogP) is 3.04. The lowest BCUT2D eigenvalue weighted by molar-refractivity contribution is -0.148. The molecule has 0 N–H and O–H groups in total. The van der Waals surface area contributed by atoms with E-state index in [4.69, 9.17) is 14.7 Å². The van der Waals surface area contributed by atoms with Crippen molar-refractivity contribution >= 4 is 5.97 Å². The highest BCUT2D eigenvalue weighted by Gasteiger charge is 2.30. The fourth-order valence-electron chi connectivity index (χ4n) is 2.18.